The number of benzene rings is 1. The lowest BCUT2D eigenvalue weighted by molar-refractivity contribution is -0.142. The van der Waals surface area contributed by atoms with Crippen LogP contribution in [0.4, 0.5) is 0 Å². The molecule has 0 bridgehead atoms. The third-order valence-electron chi connectivity index (χ3n) is 2.23. The van der Waals surface area contributed by atoms with E-state index in [1.807, 2.05) is 0 Å². The number of carbonyl (C=O) groups excluding carboxylic acids is 1. The average molecular weight is 376 g/mol. The molecule has 1 aromatic rings. The molecular formula is C12H14BrN3O4S. The topological polar surface area (TPSA) is 95.2 Å². The van der Waals surface area contributed by atoms with Crippen LogP contribution in [-0.2, 0) is 9.53 Å². The van der Waals surface area contributed by atoms with Crippen molar-refractivity contribution in [3.05, 3.63) is 22.2 Å². The fraction of sp³-hybridized carbons (Fsp3) is 0.250. The van der Waals surface area contributed by atoms with E-state index < -0.39 is 5.97 Å². The van der Waals surface area contributed by atoms with Crippen LogP contribution in [0.25, 0.3) is 0 Å². The first-order chi connectivity index (χ1) is 9.97. The first-order valence-electron chi connectivity index (χ1n) is 5.63. The molecule has 0 radical (unpaired) electrons. The Hall–Kier alpha value is -1.87. The van der Waals surface area contributed by atoms with Crippen LogP contribution < -0.4 is 20.6 Å². The number of ether oxygens (including phenoxy) is 3. The van der Waals surface area contributed by atoms with Crippen LogP contribution in [0.1, 0.15) is 5.56 Å². The molecule has 0 amide bonds. The molecule has 0 heterocycles. The van der Waals surface area contributed by atoms with Gasteiger partial charge in [0.1, 0.15) is 0 Å². The minimum Gasteiger partial charge on any atom is -0.493 e. The van der Waals surface area contributed by atoms with Gasteiger partial charge in [-0.1, -0.05) is 0 Å². The summed E-state index contributed by atoms with van der Waals surface area (Å²) < 4.78 is 15.7. The summed E-state index contributed by atoms with van der Waals surface area (Å²) in [5.74, 6) is 0.354. The molecule has 21 heavy (non-hydrogen) atoms. The first-order valence-corrected chi connectivity index (χ1v) is 6.83. The van der Waals surface area contributed by atoms with E-state index in [9.17, 15) is 4.79 Å². The van der Waals surface area contributed by atoms with Gasteiger partial charge in [-0.25, -0.2) is 4.79 Å². The Morgan fingerprint density at radius 3 is 2.76 bits per heavy atom. The highest BCUT2D eigenvalue weighted by Gasteiger charge is 2.11. The number of rotatable bonds is 6. The summed E-state index contributed by atoms with van der Waals surface area (Å²) in [6.45, 7) is -0.213. The molecular weight excluding hydrogens is 362 g/mol. The second kappa shape index (κ2) is 8.42. The van der Waals surface area contributed by atoms with E-state index in [4.69, 9.17) is 15.2 Å². The zero-order chi connectivity index (χ0) is 15.8. The van der Waals surface area contributed by atoms with E-state index in [0.717, 1.165) is 0 Å². The van der Waals surface area contributed by atoms with E-state index in [1.165, 1.54) is 20.4 Å². The van der Waals surface area contributed by atoms with Crippen LogP contribution in [0.3, 0.4) is 0 Å². The molecule has 0 aromatic heterocycles. The van der Waals surface area contributed by atoms with Crippen molar-refractivity contribution in [1.29, 1.82) is 0 Å². The predicted molar refractivity (Wildman–Crippen MR) is 85.7 cm³/mol. The molecule has 0 aliphatic heterocycles. The number of halogens is 1. The number of hydrogen-bond acceptors (Lipinski definition) is 6. The van der Waals surface area contributed by atoms with Crippen LogP contribution in [0.5, 0.6) is 11.5 Å². The molecule has 3 N–H and O–H groups in total. The van der Waals surface area contributed by atoms with Crippen molar-refractivity contribution in [2.24, 2.45) is 10.8 Å². The summed E-state index contributed by atoms with van der Waals surface area (Å²) in [6.07, 6.45) is 1.51. The highest BCUT2D eigenvalue weighted by Crippen LogP contribution is 2.32. The van der Waals surface area contributed by atoms with Gasteiger partial charge in [0.2, 0.25) is 0 Å². The Bertz CT molecular complexity index is 566. The lowest BCUT2D eigenvalue weighted by atomic mass is 10.2. The van der Waals surface area contributed by atoms with E-state index in [-0.39, 0.29) is 11.7 Å². The Morgan fingerprint density at radius 1 is 1.48 bits per heavy atom. The minimum absolute atomic E-state index is 0.0624. The normalized spacial score (nSPS) is 10.2. The number of thiocarbonyl (C=S) groups is 1. The minimum atomic E-state index is -0.487. The van der Waals surface area contributed by atoms with E-state index in [2.05, 4.69) is 43.4 Å². The third-order valence-corrected chi connectivity index (χ3v) is 3.01. The SMILES string of the molecule is COC(=O)COc1cc(Br)c(C=NNC(N)=S)cc1OC. The molecule has 0 saturated carbocycles. The lowest BCUT2D eigenvalue weighted by Crippen LogP contribution is -2.24. The van der Waals surface area contributed by atoms with Crippen LogP contribution in [0.2, 0.25) is 0 Å². The van der Waals surface area contributed by atoms with Gasteiger partial charge in [0.05, 0.1) is 20.4 Å². The number of carbonyl (C=O) groups is 1. The molecule has 0 unspecified atom stereocenters. The van der Waals surface area contributed by atoms with Gasteiger partial charge in [0.25, 0.3) is 0 Å². The van der Waals surface area contributed by atoms with Crippen molar-refractivity contribution in [2.45, 2.75) is 0 Å². The summed E-state index contributed by atoms with van der Waals surface area (Å²) >= 11 is 8.00. The van der Waals surface area contributed by atoms with E-state index in [0.29, 0.717) is 21.5 Å². The highest BCUT2D eigenvalue weighted by molar-refractivity contribution is 9.10. The van der Waals surface area contributed by atoms with Gasteiger partial charge >= 0.3 is 5.97 Å². The number of nitrogens with two attached hydrogens (primary N) is 1. The molecule has 114 valence electrons. The molecule has 0 aliphatic carbocycles. The first kappa shape index (κ1) is 17.2. The quantitative estimate of drug-likeness (QED) is 0.333. The van der Waals surface area contributed by atoms with Crippen LogP contribution in [-0.4, -0.2) is 38.1 Å². The number of esters is 1. The van der Waals surface area contributed by atoms with Crippen molar-refractivity contribution < 1.29 is 19.0 Å². The van der Waals surface area contributed by atoms with Crippen molar-refractivity contribution in [3.8, 4) is 11.5 Å². The van der Waals surface area contributed by atoms with Gasteiger partial charge in [0, 0.05) is 10.0 Å². The maximum absolute atomic E-state index is 11.1. The zero-order valence-electron chi connectivity index (χ0n) is 11.4. The summed E-state index contributed by atoms with van der Waals surface area (Å²) in [7, 11) is 2.77. The smallest absolute Gasteiger partial charge is 0.343 e. The second-order valence-corrected chi connectivity index (χ2v) is 4.92. The van der Waals surface area contributed by atoms with Gasteiger partial charge in [-0.15, -0.1) is 0 Å². The molecule has 0 aliphatic rings. The Balaban J connectivity index is 2.93. The van der Waals surface area contributed by atoms with Crippen molar-refractivity contribution >= 4 is 45.4 Å². The Labute approximate surface area is 135 Å². The maximum atomic E-state index is 11.1. The molecule has 0 spiro atoms. The third kappa shape index (κ3) is 5.56. The number of hydrogen-bond donors (Lipinski definition) is 2. The second-order valence-electron chi connectivity index (χ2n) is 3.62. The monoisotopic (exact) mass is 375 g/mol. The molecule has 0 saturated heterocycles. The van der Waals surface area contributed by atoms with E-state index in [1.54, 1.807) is 12.1 Å². The fourth-order valence-corrected chi connectivity index (χ4v) is 1.76. The highest BCUT2D eigenvalue weighted by atomic mass is 79.9. The van der Waals surface area contributed by atoms with Crippen LogP contribution in [0.15, 0.2) is 21.7 Å². The van der Waals surface area contributed by atoms with Crippen molar-refractivity contribution in [2.75, 3.05) is 20.8 Å². The van der Waals surface area contributed by atoms with Crippen molar-refractivity contribution in [1.82, 2.24) is 5.43 Å². The Kier molecular flexibility index (Phi) is 6.89. The molecule has 1 aromatic carbocycles. The lowest BCUT2D eigenvalue weighted by Gasteiger charge is -2.11. The van der Waals surface area contributed by atoms with E-state index >= 15 is 0 Å². The number of nitrogens with one attached hydrogen (secondary N) is 1. The van der Waals surface area contributed by atoms with Crippen molar-refractivity contribution in [3.63, 3.8) is 0 Å². The van der Waals surface area contributed by atoms with Gasteiger partial charge in [-0.2, -0.15) is 5.10 Å². The number of methoxy groups -OCH3 is 2. The molecule has 0 fully saturated rings. The van der Waals surface area contributed by atoms with Gasteiger partial charge < -0.3 is 19.9 Å². The number of nitrogens with zero attached hydrogens (tertiary/aromatic N) is 1. The fourth-order valence-electron chi connectivity index (χ4n) is 1.28. The number of hydrazone groups is 1. The predicted octanol–water partition coefficient (Wildman–Crippen LogP) is 1.18. The van der Waals surface area contributed by atoms with Crippen LogP contribution in [0, 0.1) is 0 Å². The van der Waals surface area contributed by atoms with Gasteiger partial charge in [0.15, 0.2) is 23.2 Å². The van der Waals surface area contributed by atoms with Crippen LogP contribution >= 0.6 is 28.1 Å². The van der Waals surface area contributed by atoms with Gasteiger partial charge in [-0.05, 0) is 40.3 Å². The molecule has 9 heteroatoms. The Morgan fingerprint density at radius 2 is 2.19 bits per heavy atom. The molecule has 7 nitrogen and oxygen atoms in total. The summed E-state index contributed by atoms with van der Waals surface area (Å²) in [5, 5.41) is 3.92. The summed E-state index contributed by atoms with van der Waals surface area (Å²) in [6, 6.07) is 3.34. The average Bonchev–Trinajstić information content (AvgIpc) is 2.46. The largest absolute Gasteiger partial charge is 0.493 e. The van der Waals surface area contributed by atoms with Gasteiger partial charge in [-0.3, -0.25) is 5.43 Å². The maximum Gasteiger partial charge on any atom is 0.343 e. The standard InChI is InChI=1S/C12H14BrN3O4S/c1-18-9-3-7(5-15-16-12(14)21)8(13)4-10(9)20-6-11(17)19-2/h3-5H,6H2,1-2H3,(H3,14,16,21). The summed E-state index contributed by atoms with van der Waals surface area (Å²) in [4.78, 5) is 11.1. The summed E-state index contributed by atoms with van der Waals surface area (Å²) in [5.41, 5.74) is 8.42. The molecule has 0 atom stereocenters. The molecule has 1 rings (SSSR count). The zero-order valence-corrected chi connectivity index (χ0v) is 13.8.